The molecule has 0 aliphatic carbocycles. The number of likely N-dealkylation sites (tertiary alicyclic amines) is 1. The average Bonchev–Trinajstić information content (AvgIpc) is 3.22. The summed E-state index contributed by atoms with van der Waals surface area (Å²) in [4.78, 5) is 2.58. The molecular formula is C23H26N2O. The molecule has 134 valence electrons. The maximum Gasteiger partial charge on any atom is 0.117 e. The number of nitrogens with one attached hydrogen (secondary N) is 1. The highest BCUT2D eigenvalue weighted by Gasteiger charge is 2.30. The van der Waals surface area contributed by atoms with E-state index in [1.165, 1.54) is 11.1 Å². The minimum atomic E-state index is 0.467. The van der Waals surface area contributed by atoms with Gasteiger partial charge in [0.15, 0.2) is 0 Å². The van der Waals surface area contributed by atoms with Crippen molar-refractivity contribution in [3.05, 3.63) is 95.9 Å². The smallest absolute Gasteiger partial charge is 0.117 e. The van der Waals surface area contributed by atoms with Crippen molar-refractivity contribution in [1.29, 1.82) is 0 Å². The van der Waals surface area contributed by atoms with Crippen molar-refractivity contribution in [2.75, 3.05) is 13.1 Å². The van der Waals surface area contributed by atoms with Crippen LogP contribution in [0.15, 0.2) is 83.5 Å². The minimum absolute atomic E-state index is 0.467. The van der Waals surface area contributed by atoms with Crippen LogP contribution in [0.4, 0.5) is 0 Å². The Labute approximate surface area is 155 Å². The molecule has 1 aliphatic rings. The Balaban J connectivity index is 1.46. The van der Waals surface area contributed by atoms with Gasteiger partial charge in [0.05, 0.1) is 12.8 Å². The van der Waals surface area contributed by atoms with Gasteiger partial charge in [-0.1, -0.05) is 60.7 Å². The van der Waals surface area contributed by atoms with Crippen LogP contribution in [0.2, 0.25) is 0 Å². The first-order valence-corrected chi connectivity index (χ1v) is 9.45. The lowest BCUT2D eigenvalue weighted by Crippen LogP contribution is -2.47. The Morgan fingerprint density at radius 2 is 1.69 bits per heavy atom. The third kappa shape index (κ3) is 4.24. The molecule has 0 saturated carbocycles. The zero-order valence-corrected chi connectivity index (χ0v) is 15.1. The van der Waals surface area contributed by atoms with Gasteiger partial charge in [0.1, 0.15) is 5.76 Å². The maximum absolute atomic E-state index is 5.49. The van der Waals surface area contributed by atoms with E-state index in [0.717, 1.165) is 38.4 Å². The summed E-state index contributed by atoms with van der Waals surface area (Å²) in [6.45, 7) is 4.01. The van der Waals surface area contributed by atoms with Gasteiger partial charge in [0.2, 0.25) is 0 Å². The van der Waals surface area contributed by atoms with Gasteiger partial charge in [-0.15, -0.1) is 0 Å². The predicted molar refractivity (Wildman–Crippen MR) is 105 cm³/mol. The quantitative estimate of drug-likeness (QED) is 0.716. The highest BCUT2D eigenvalue weighted by molar-refractivity contribution is 5.23. The third-order valence-corrected chi connectivity index (χ3v) is 5.29. The van der Waals surface area contributed by atoms with E-state index in [1.54, 1.807) is 6.26 Å². The molecule has 26 heavy (non-hydrogen) atoms. The number of hydrogen-bond donors (Lipinski definition) is 1. The summed E-state index contributed by atoms with van der Waals surface area (Å²) >= 11 is 0. The summed E-state index contributed by atoms with van der Waals surface area (Å²) in [5.74, 6) is 1.49. The largest absolute Gasteiger partial charge is 0.468 e. The van der Waals surface area contributed by atoms with Crippen molar-refractivity contribution in [1.82, 2.24) is 10.2 Å². The number of nitrogens with zero attached hydrogens (tertiary/aromatic N) is 1. The molecule has 0 radical (unpaired) electrons. The van der Waals surface area contributed by atoms with Crippen molar-refractivity contribution >= 4 is 0 Å². The van der Waals surface area contributed by atoms with Gasteiger partial charge in [-0.05, 0) is 29.7 Å². The molecule has 4 rings (SSSR count). The highest BCUT2D eigenvalue weighted by Crippen LogP contribution is 2.28. The minimum Gasteiger partial charge on any atom is -0.468 e. The number of furan rings is 1. The summed E-state index contributed by atoms with van der Waals surface area (Å²) < 4.78 is 5.49. The average molecular weight is 346 g/mol. The van der Waals surface area contributed by atoms with Crippen LogP contribution >= 0.6 is 0 Å². The lowest BCUT2D eigenvalue weighted by Gasteiger charge is -2.39. The van der Waals surface area contributed by atoms with Gasteiger partial charge in [-0.3, -0.25) is 4.90 Å². The molecule has 0 amide bonds. The van der Waals surface area contributed by atoms with E-state index < -0.39 is 0 Å². The molecule has 1 saturated heterocycles. The van der Waals surface area contributed by atoms with Gasteiger partial charge in [0, 0.05) is 31.6 Å². The highest BCUT2D eigenvalue weighted by atomic mass is 16.3. The Bertz CT molecular complexity index is 770. The maximum atomic E-state index is 5.49. The first-order chi connectivity index (χ1) is 12.9. The third-order valence-electron chi connectivity index (χ3n) is 5.29. The lowest BCUT2D eigenvalue weighted by molar-refractivity contribution is 0.165. The Morgan fingerprint density at radius 1 is 0.923 bits per heavy atom. The molecule has 0 unspecified atom stereocenters. The first kappa shape index (κ1) is 17.1. The first-order valence-electron chi connectivity index (χ1n) is 9.45. The van der Waals surface area contributed by atoms with Gasteiger partial charge >= 0.3 is 0 Å². The van der Waals surface area contributed by atoms with E-state index in [4.69, 9.17) is 4.42 Å². The van der Waals surface area contributed by atoms with Crippen LogP contribution in [0.25, 0.3) is 0 Å². The Morgan fingerprint density at radius 3 is 2.42 bits per heavy atom. The molecule has 0 bridgehead atoms. The second kappa shape index (κ2) is 8.35. The zero-order valence-electron chi connectivity index (χ0n) is 15.1. The van der Waals surface area contributed by atoms with Gasteiger partial charge < -0.3 is 9.73 Å². The summed E-state index contributed by atoms with van der Waals surface area (Å²) in [6, 6.07) is 26.2. The van der Waals surface area contributed by atoms with Crippen LogP contribution in [-0.4, -0.2) is 24.0 Å². The summed E-state index contributed by atoms with van der Waals surface area (Å²) in [7, 11) is 0. The van der Waals surface area contributed by atoms with E-state index in [2.05, 4.69) is 70.9 Å². The monoisotopic (exact) mass is 346 g/mol. The van der Waals surface area contributed by atoms with Crippen LogP contribution in [0.3, 0.4) is 0 Å². The van der Waals surface area contributed by atoms with Crippen molar-refractivity contribution in [3.8, 4) is 0 Å². The van der Waals surface area contributed by atoms with E-state index >= 15 is 0 Å². The number of rotatable bonds is 6. The fourth-order valence-electron chi connectivity index (χ4n) is 3.93. The Hall–Kier alpha value is -2.36. The van der Waals surface area contributed by atoms with Crippen molar-refractivity contribution in [2.45, 2.75) is 31.5 Å². The molecule has 1 aliphatic heterocycles. The standard InChI is InChI=1S/C23H26N2O/c1-3-8-19(9-4-1)17-25-14-13-23(24-16-21-12-7-15-26-21)22(18-25)20-10-5-2-6-11-20/h1-12,15,22-24H,13-14,16-18H2/t22-,23+/m0/s1. The van der Waals surface area contributed by atoms with E-state index in [-0.39, 0.29) is 0 Å². The van der Waals surface area contributed by atoms with Crippen molar-refractivity contribution in [2.24, 2.45) is 0 Å². The molecule has 3 nitrogen and oxygen atoms in total. The van der Waals surface area contributed by atoms with Crippen molar-refractivity contribution < 1.29 is 4.42 Å². The summed E-state index contributed by atoms with van der Waals surface area (Å²) in [5.41, 5.74) is 2.81. The number of piperidine rings is 1. The molecule has 1 aromatic heterocycles. The second-order valence-electron chi connectivity index (χ2n) is 7.09. The topological polar surface area (TPSA) is 28.4 Å². The van der Waals surface area contributed by atoms with Crippen molar-refractivity contribution in [3.63, 3.8) is 0 Å². The van der Waals surface area contributed by atoms with Gasteiger partial charge in [-0.2, -0.15) is 0 Å². The van der Waals surface area contributed by atoms with Crippen LogP contribution in [0.5, 0.6) is 0 Å². The van der Waals surface area contributed by atoms with Gasteiger partial charge in [0.25, 0.3) is 0 Å². The lowest BCUT2D eigenvalue weighted by atomic mass is 9.85. The van der Waals surface area contributed by atoms with Crippen LogP contribution in [0.1, 0.15) is 29.2 Å². The second-order valence-corrected chi connectivity index (χ2v) is 7.09. The fraction of sp³-hybridized carbons (Fsp3) is 0.304. The Kier molecular flexibility index (Phi) is 5.48. The predicted octanol–water partition coefficient (Wildman–Crippen LogP) is 4.43. The molecule has 1 fully saturated rings. The normalized spacial score (nSPS) is 20.9. The number of benzene rings is 2. The molecule has 3 heteroatoms. The summed E-state index contributed by atoms with van der Waals surface area (Å²) in [6.07, 6.45) is 2.89. The van der Waals surface area contributed by atoms with Gasteiger partial charge in [-0.25, -0.2) is 0 Å². The van der Waals surface area contributed by atoms with E-state index in [0.29, 0.717) is 12.0 Å². The number of hydrogen-bond acceptors (Lipinski definition) is 3. The summed E-state index contributed by atoms with van der Waals surface area (Å²) in [5, 5.41) is 3.74. The zero-order chi connectivity index (χ0) is 17.6. The van der Waals surface area contributed by atoms with Crippen LogP contribution in [-0.2, 0) is 13.1 Å². The van der Waals surface area contributed by atoms with E-state index in [1.807, 2.05) is 12.1 Å². The van der Waals surface area contributed by atoms with Crippen LogP contribution in [0, 0.1) is 0 Å². The molecule has 3 aromatic rings. The molecular weight excluding hydrogens is 320 g/mol. The molecule has 2 atom stereocenters. The molecule has 2 aromatic carbocycles. The SMILES string of the molecule is c1ccc(CN2CC[C@@H](NCc3ccco3)[C@H](c3ccccc3)C2)cc1. The fourth-order valence-corrected chi connectivity index (χ4v) is 3.93. The molecule has 1 N–H and O–H groups in total. The molecule has 2 heterocycles. The molecule has 0 spiro atoms. The van der Waals surface area contributed by atoms with Crippen LogP contribution < -0.4 is 5.32 Å². The van der Waals surface area contributed by atoms with E-state index in [9.17, 15) is 0 Å².